The van der Waals surface area contributed by atoms with Gasteiger partial charge >= 0.3 is 0 Å². The maximum Gasteiger partial charge on any atom is -0.0183 e. The molecule has 46 valence electrons. The SMILES string of the molecule is CS(C)(C)SSS. The van der Waals surface area contributed by atoms with Crippen molar-refractivity contribution >= 4 is 40.4 Å². The van der Waals surface area contributed by atoms with Gasteiger partial charge in [0.05, 0.1) is 0 Å². The molecule has 0 aromatic rings. The smallest absolute Gasteiger partial charge is 0.0183 e. The van der Waals surface area contributed by atoms with Gasteiger partial charge in [-0.05, 0) is 38.4 Å². The summed E-state index contributed by atoms with van der Waals surface area (Å²) in [6.07, 6.45) is 6.75. The van der Waals surface area contributed by atoms with Crippen LogP contribution >= 0.6 is 40.4 Å². The summed E-state index contributed by atoms with van der Waals surface area (Å²) in [4.78, 5) is 0. The van der Waals surface area contributed by atoms with Crippen molar-refractivity contribution < 1.29 is 0 Å². The Morgan fingerprint density at radius 2 is 1.71 bits per heavy atom. The fourth-order valence-electron chi connectivity index (χ4n) is 0.0913. The van der Waals surface area contributed by atoms with Crippen LogP contribution in [0.3, 0.4) is 0 Å². The highest BCUT2D eigenvalue weighted by Crippen LogP contribution is 2.57. The van der Waals surface area contributed by atoms with E-state index in [0.29, 0.717) is 0 Å². The molecule has 0 aromatic carbocycles. The Hall–Kier alpha value is 1.40. The molecule has 0 saturated carbocycles. The zero-order valence-corrected chi connectivity index (χ0v) is 8.02. The lowest BCUT2D eigenvalue weighted by molar-refractivity contribution is 2.18. The first-order chi connectivity index (χ1) is 3.06. The summed E-state index contributed by atoms with van der Waals surface area (Å²) < 4.78 is 0. The maximum absolute atomic E-state index is 4.01. The topological polar surface area (TPSA) is 0 Å². The minimum Gasteiger partial charge on any atom is -0.191 e. The van der Waals surface area contributed by atoms with Crippen LogP contribution in [0.1, 0.15) is 0 Å². The van der Waals surface area contributed by atoms with E-state index in [1.165, 1.54) is 0 Å². The van der Waals surface area contributed by atoms with Gasteiger partial charge in [0.2, 0.25) is 0 Å². The van der Waals surface area contributed by atoms with E-state index in [1.807, 2.05) is 9.83 Å². The molecule has 0 heterocycles. The Kier molecular flexibility index (Phi) is 4.12. The Labute approximate surface area is 59.1 Å². The van der Waals surface area contributed by atoms with Crippen LogP contribution in [-0.2, 0) is 0 Å². The first-order valence-corrected chi connectivity index (χ1v) is 8.32. The minimum absolute atomic E-state index is 0.371. The summed E-state index contributed by atoms with van der Waals surface area (Å²) >= 11 is 4.01. The van der Waals surface area contributed by atoms with Crippen molar-refractivity contribution in [3.63, 3.8) is 0 Å². The number of hydrogen-bond acceptors (Lipinski definition) is 3. The molecule has 0 aliphatic heterocycles. The van der Waals surface area contributed by atoms with Crippen molar-refractivity contribution in [3.05, 3.63) is 0 Å². The second kappa shape index (κ2) is 3.43. The number of thiol groups is 1. The molecule has 0 rings (SSSR count). The number of rotatable bonds is 2. The van der Waals surface area contributed by atoms with E-state index in [0.717, 1.165) is 0 Å². The van der Waals surface area contributed by atoms with Gasteiger partial charge in [-0.1, -0.05) is 11.7 Å². The molecule has 0 amide bonds. The van der Waals surface area contributed by atoms with Gasteiger partial charge in [0.15, 0.2) is 0 Å². The van der Waals surface area contributed by atoms with Gasteiger partial charge in [-0.15, -0.1) is 0 Å². The molecular formula is C3H10S4. The third kappa shape index (κ3) is 7.40. The van der Waals surface area contributed by atoms with Crippen molar-refractivity contribution in [3.8, 4) is 0 Å². The zero-order valence-electron chi connectivity index (χ0n) is 4.67. The van der Waals surface area contributed by atoms with Crippen LogP contribution in [0.15, 0.2) is 0 Å². The Bertz CT molecular complexity index is 45.4. The highest BCUT2D eigenvalue weighted by molar-refractivity contribution is 9.29. The van der Waals surface area contributed by atoms with Gasteiger partial charge in [0, 0.05) is 0 Å². The standard InChI is InChI=1S/C3H10S4/c1-7(2,3)6-5-4/h4H,1-3H3. The molecule has 0 bridgehead atoms. The molecular weight excluding hydrogens is 164 g/mol. The van der Waals surface area contributed by atoms with Gasteiger partial charge in [0.1, 0.15) is 0 Å². The first-order valence-electron chi connectivity index (χ1n) is 1.74. The van der Waals surface area contributed by atoms with Crippen molar-refractivity contribution in [2.75, 3.05) is 18.8 Å². The van der Waals surface area contributed by atoms with E-state index >= 15 is 0 Å². The van der Waals surface area contributed by atoms with Gasteiger partial charge < -0.3 is 0 Å². The lowest BCUT2D eigenvalue weighted by atomic mass is 11.9. The van der Waals surface area contributed by atoms with E-state index in [4.69, 9.17) is 0 Å². The molecule has 0 spiro atoms. The quantitative estimate of drug-likeness (QED) is 0.505. The second-order valence-electron chi connectivity index (χ2n) is 1.87. The molecule has 7 heavy (non-hydrogen) atoms. The molecule has 0 aromatic heterocycles. The highest BCUT2D eigenvalue weighted by Gasteiger charge is 2.01. The molecule has 0 nitrogen and oxygen atoms in total. The lowest BCUT2D eigenvalue weighted by Gasteiger charge is -2.20. The van der Waals surface area contributed by atoms with Crippen LogP contribution in [0.2, 0.25) is 0 Å². The van der Waals surface area contributed by atoms with E-state index in [9.17, 15) is 0 Å². The Morgan fingerprint density at radius 1 is 1.29 bits per heavy atom. The van der Waals surface area contributed by atoms with Crippen LogP contribution in [0, 0.1) is 0 Å². The average Bonchev–Trinajstić information content (AvgIpc) is 1.30. The average molecular weight is 174 g/mol. The summed E-state index contributed by atoms with van der Waals surface area (Å²) in [5.74, 6) is 0. The minimum atomic E-state index is -0.371. The van der Waals surface area contributed by atoms with E-state index in [-0.39, 0.29) is 9.06 Å². The summed E-state index contributed by atoms with van der Waals surface area (Å²) in [5, 5.41) is 0. The Morgan fingerprint density at radius 3 is 1.71 bits per heavy atom. The van der Waals surface area contributed by atoms with Crippen LogP contribution in [0.4, 0.5) is 0 Å². The maximum atomic E-state index is 4.01. The monoisotopic (exact) mass is 174 g/mol. The van der Waals surface area contributed by atoms with Crippen molar-refractivity contribution in [1.82, 2.24) is 0 Å². The molecule has 0 aliphatic rings. The first kappa shape index (κ1) is 8.40. The normalized spacial score (nSPS) is 14.3. The summed E-state index contributed by atoms with van der Waals surface area (Å²) in [5.41, 5.74) is 0. The summed E-state index contributed by atoms with van der Waals surface area (Å²) in [7, 11) is 3.04. The van der Waals surface area contributed by atoms with Crippen molar-refractivity contribution in [1.29, 1.82) is 0 Å². The molecule has 0 aliphatic carbocycles. The molecule has 0 saturated heterocycles. The Balaban J connectivity index is 3.15. The highest BCUT2D eigenvalue weighted by atomic mass is 33.7. The third-order valence-electron chi connectivity index (χ3n) is 0.235. The van der Waals surface area contributed by atoms with E-state index in [2.05, 4.69) is 30.4 Å². The fraction of sp³-hybridized carbons (Fsp3) is 1.00. The second-order valence-corrected chi connectivity index (χ2v) is 12.0. The summed E-state index contributed by atoms with van der Waals surface area (Å²) in [6, 6.07) is 0. The van der Waals surface area contributed by atoms with Crippen molar-refractivity contribution in [2.45, 2.75) is 0 Å². The number of hydrogen-bond donors (Lipinski definition) is 1. The fourth-order valence-corrected chi connectivity index (χ4v) is 7.39. The molecule has 4 heteroatoms. The van der Waals surface area contributed by atoms with Crippen LogP contribution in [0.5, 0.6) is 0 Å². The summed E-state index contributed by atoms with van der Waals surface area (Å²) in [6.45, 7) is 0. The van der Waals surface area contributed by atoms with Crippen LogP contribution < -0.4 is 0 Å². The molecule has 0 unspecified atom stereocenters. The van der Waals surface area contributed by atoms with E-state index in [1.54, 1.807) is 9.83 Å². The molecule has 0 radical (unpaired) electrons. The molecule has 0 atom stereocenters. The van der Waals surface area contributed by atoms with Crippen molar-refractivity contribution in [2.24, 2.45) is 0 Å². The molecule has 0 fully saturated rings. The predicted octanol–water partition coefficient (Wildman–Crippen LogP) is 2.82. The predicted molar refractivity (Wildman–Crippen MR) is 49.5 cm³/mol. The van der Waals surface area contributed by atoms with Gasteiger partial charge in [0.25, 0.3) is 0 Å². The largest absolute Gasteiger partial charge is 0.191 e. The zero-order chi connectivity index (χ0) is 5.91. The van der Waals surface area contributed by atoms with Gasteiger partial charge in [-0.3, -0.25) is 0 Å². The van der Waals surface area contributed by atoms with Gasteiger partial charge in [-0.25, -0.2) is 0 Å². The van der Waals surface area contributed by atoms with Gasteiger partial charge in [-0.2, -0.15) is 9.06 Å². The third-order valence-corrected chi connectivity index (χ3v) is 7.98. The van der Waals surface area contributed by atoms with E-state index < -0.39 is 0 Å². The van der Waals surface area contributed by atoms with Crippen LogP contribution in [0.25, 0.3) is 0 Å². The molecule has 0 N–H and O–H groups in total. The lowest BCUT2D eigenvalue weighted by Crippen LogP contribution is -1.78. The van der Waals surface area contributed by atoms with Crippen LogP contribution in [-0.4, -0.2) is 18.8 Å².